The Morgan fingerprint density at radius 1 is 0.579 bits per heavy atom. The van der Waals surface area contributed by atoms with E-state index in [0.29, 0.717) is 24.0 Å². The molecule has 4 aromatic carbocycles. The Morgan fingerprint density at radius 3 is 1.87 bits per heavy atom. The van der Waals surface area contributed by atoms with Crippen molar-refractivity contribution in [3.63, 3.8) is 0 Å². The van der Waals surface area contributed by atoms with Crippen LogP contribution in [0, 0.1) is 40.9 Å². The highest BCUT2D eigenvalue weighted by Crippen LogP contribution is 2.33. The van der Waals surface area contributed by atoms with Crippen molar-refractivity contribution in [2.75, 3.05) is 0 Å². The fraction of sp³-hybridized carbons (Fsp3) is 0.212. The zero-order valence-electron chi connectivity index (χ0n) is 21.3. The van der Waals surface area contributed by atoms with E-state index in [0.717, 1.165) is 43.0 Å². The molecule has 0 saturated heterocycles. The average molecular weight is 519 g/mol. The third kappa shape index (κ3) is 5.97. The SMILES string of the molecule is CCCCc1ccc(C#Cc2ccc(-c3ccc(-c4cc(F)c(F)c(F)c4)c(F)c3)c(F)c2CCC)cc1. The molecule has 0 aliphatic heterocycles. The Hall–Kier alpha value is -3.91. The maximum atomic E-state index is 15.7. The molecule has 0 atom stereocenters. The number of halogens is 5. The zero-order valence-corrected chi connectivity index (χ0v) is 21.3. The molecule has 0 aromatic heterocycles. The lowest BCUT2D eigenvalue weighted by atomic mass is 9.94. The third-order valence-electron chi connectivity index (χ3n) is 6.43. The van der Waals surface area contributed by atoms with Crippen molar-refractivity contribution in [1.29, 1.82) is 0 Å². The molecule has 4 aromatic rings. The summed E-state index contributed by atoms with van der Waals surface area (Å²) < 4.78 is 71.2. The summed E-state index contributed by atoms with van der Waals surface area (Å²) >= 11 is 0. The lowest BCUT2D eigenvalue weighted by Gasteiger charge is -2.12. The van der Waals surface area contributed by atoms with Crippen LogP contribution < -0.4 is 0 Å². The average Bonchev–Trinajstić information content (AvgIpc) is 2.91. The van der Waals surface area contributed by atoms with Crippen molar-refractivity contribution in [2.45, 2.75) is 46.0 Å². The summed E-state index contributed by atoms with van der Waals surface area (Å²) in [5.74, 6) is 0.455. The van der Waals surface area contributed by atoms with Crippen molar-refractivity contribution < 1.29 is 22.0 Å². The molecule has 38 heavy (non-hydrogen) atoms. The van der Waals surface area contributed by atoms with Crippen LogP contribution in [0.25, 0.3) is 22.3 Å². The quantitative estimate of drug-likeness (QED) is 0.130. The molecular formula is C33H27F5. The van der Waals surface area contributed by atoms with Crippen molar-refractivity contribution >= 4 is 0 Å². The number of aryl methyl sites for hydroxylation is 1. The first-order valence-corrected chi connectivity index (χ1v) is 12.7. The number of hydrogen-bond donors (Lipinski definition) is 0. The first kappa shape index (κ1) is 27.1. The van der Waals surface area contributed by atoms with Crippen LogP contribution in [0.4, 0.5) is 22.0 Å². The van der Waals surface area contributed by atoms with Gasteiger partial charge < -0.3 is 0 Å². The summed E-state index contributed by atoms with van der Waals surface area (Å²) in [6.45, 7) is 4.09. The Morgan fingerprint density at radius 2 is 1.24 bits per heavy atom. The molecule has 0 aliphatic rings. The molecule has 4 rings (SSSR count). The van der Waals surface area contributed by atoms with Crippen LogP contribution in [0.2, 0.25) is 0 Å². The molecule has 0 saturated carbocycles. The normalized spacial score (nSPS) is 10.8. The topological polar surface area (TPSA) is 0 Å². The summed E-state index contributed by atoms with van der Waals surface area (Å²) in [5, 5.41) is 0. The summed E-state index contributed by atoms with van der Waals surface area (Å²) in [6.07, 6.45) is 4.43. The van der Waals surface area contributed by atoms with Gasteiger partial charge >= 0.3 is 0 Å². The first-order chi connectivity index (χ1) is 18.3. The van der Waals surface area contributed by atoms with E-state index in [4.69, 9.17) is 0 Å². The lowest BCUT2D eigenvalue weighted by molar-refractivity contribution is 0.447. The van der Waals surface area contributed by atoms with Crippen LogP contribution in [-0.2, 0) is 12.8 Å². The second-order valence-electron chi connectivity index (χ2n) is 9.20. The Kier molecular flexibility index (Phi) is 8.63. The summed E-state index contributed by atoms with van der Waals surface area (Å²) in [7, 11) is 0. The molecule has 0 N–H and O–H groups in total. The van der Waals surface area contributed by atoms with Gasteiger partial charge in [-0.05, 0) is 72.4 Å². The minimum absolute atomic E-state index is 0.121. The van der Waals surface area contributed by atoms with Gasteiger partial charge in [0.15, 0.2) is 17.5 Å². The molecule has 0 radical (unpaired) electrons. The van der Waals surface area contributed by atoms with Gasteiger partial charge in [-0.1, -0.05) is 68.9 Å². The molecule has 0 aliphatic carbocycles. The number of unbranched alkanes of at least 4 members (excludes halogenated alkanes) is 1. The van der Waals surface area contributed by atoms with E-state index in [2.05, 4.69) is 30.9 Å². The number of hydrogen-bond acceptors (Lipinski definition) is 0. The largest absolute Gasteiger partial charge is 0.206 e. The van der Waals surface area contributed by atoms with Gasteiger partial charge in [0.2, 0.25) is 0 Å². The summed E-state index contributed by atoms with van der Waals surface area (Å²) in [6, 6.07) is 16.6. The molecule has 0 heterocycles. The van der Waals surface area contributed by atoms with Gasteiger partial charge in [0, 0.05) is 27.8 Å². The van der Waals surface area contributed by atoms with Crippen LogP contribution >= 0.6 is 0 Å². The van der Waals surface area contributed by atoms with Gasteiger partial charge in [-0.2, -0.15) is 0 Å². The molecule has 0 unspecified atom stereocenters. The van der Waals surface area contributed by atoms with E-state index >= 15 is 4.39 Å². The minimum Gasteiger partial charge on any atom is -0.206 e. The minimum atomic E-state index is -1.62. The molecule has 0 nitrogen and oxygen atoms in total. The second kappa shape index (κ2) is 12.1. The van der Waals surface area contributed by atoms with Crippen molar-refractivity contribution in [3.8, 4) is 34.1 Å². The van der Waals surface area contributed by atoms with Crippen LogP contribution in [0.5, 0.6) is 0 Å². The smallest absolute Gasteiger partial charge is 0.194 e. The van der Waals surface area contributed by atoms with Crippen molar-refractivity contribution in [1.82, 2.24) is 0 Å². The Bertz CT molecular complexity index is 1480. The highest BCUT2D eigenvalue weighted by molar-refractivity contribution is 5.73. The predicted molar refractivity (Wildman–Crippen MR) is 142 cm³/mol. The number of rotatable bonds is 7. The maximum Gasteiger partial charge on any atom is 0.194 e. The van der Waals surface area contributed by atoms with E-state index < -0.39 is 29.1 Å². The zero-order chi connectivity index (χ0) is 27.2. The first-order valence-electron chi connectivity index (χ1n) is 12.7. The molecule has 194 valence electrons. The van der Waals surface area contributed by atoms with Crippen molar-refractivity contribution in [3.05, 3.63) is 118 Å². The Labute approximate surface area is 220 Å². The Balaban J connectivity index is 1.66. The van der Waals surface area contributed by atoms with E-state index in [1.165, 1.54) is 17.7 Å². The second-order valence-corrected chi connectivity index (χ2v) is 9.20. The third-order valence-corrected chi connectivity index (χ3v) is 6.43. The van der Waals surface area contributed by atoms with Crippen LogP contribution in [0.3, 0.4) is 0 Å². The van der Waals surface area contributed by atoms with Gasteiger partial charge in [-0.3, -0.25) is 0 Å². The monoisotopic (exact) mass is 518 g/mol. The standard InChI is InChI=1S/C33H27F5/c1-3-5-7-21-8-10-22(11-9-21)12-13-23-14-17-28(32(37)27(23)6-4-2)24-15-16-26(29(34)18-24)25-19-30(35)33(38)31(36)20-25/h8-11,14-20H,3-7H2,1-2H3. The van der Waals surface area contributed by atoms with Gasteiger partial charge in [-0.15, -0.1) is 0 Å². The molecule has 0 bridgehead atoms. The predicted octanol–water partition coefficient (Wildman–Crippen LogP) is 9.41. The highest BCUT2D eigenvalue weighted by Gasteiger charge is 2.17. The van der Waals surface area contributed by atoms with E-state index in [9.17, 15) is 17.6 Å². The van der Waals surface area contributed by atoms with Gasteiger partial charge in [0.1, 0.15) is 11.6 Å². The van der Waals surface area contributed by atoms with Crippen molar-refractivity contribution in [2.24, 2.45) is 0 Å². The van der Waals surface area contributed by atoms with Crippen LogP contribution in [0.15, 0.2) is 66.7 Å². The highest BCUT2D eigenvalue weighted by atomic mass is 19.2. The van der Waals surface area contributed by atoms with Crippen LogP contribution in [-0.4, -0.2) is 0 Å². The molecule has 0 amide bonds. The van der Waals surface area contributed by atoms with E-state index in [1.807, 2.05) is 19.1 Å². The molecular weight excluding hydrogens is 491 g/mol. The van der Waals surface area contributed by atoms with E-state index in [-0.39, 0.29) is 22.3 Å². The lowest BCUT2D eigenvalue weighted by Crippen LogP contribution is -1.99. The van der Waals surface area contributed by atoms with Crippen LogP contribution in [0.1, 0.15) is 55.4 Å². The fourth-order valence-corrected chi connectivity index (χ4v) is 4.36. The molecule has 0 fully saturated rings. The maximum absolute atomic E-state index is 15.7. The number of benzene rings is 4. The fourth-order valence-electron chi connectivity index (χ4n) is 4.36. The molecule has 0 spiro atoms. The van der Waals surface area contributed by atoms with Gasteiger partial charge in [-0.25, -0.2) is 22.0 Å². The van der Waals surface area contributed by atoms with E-state index in [1.54, 1.807) is 12.1 Å². The van der Waals surface area contributed by atoms with Gasteiger partial charge in [0.05, 0.1) is 0 Å². The van der Waals surface area contributed by atoms with Gasteiger partial charge in [0.25, 0.3) is 0 Å². The molecule has 5 heteroatoms. The summed E-state index contributed by atoms with van der Waals surface area (Å²) in [4.78, 5) is 0. The summed E-state index contributed by atoms with van der Waals surface area (Å²) in [5.41, 5.74) is 3.30.